The molecule has 2 heterocycles. The molecule has 0 bridgehead atoms. The fourth-order valence-corrected chi connectivity index (χ4v) is 2.05. The number of H-pyrrole nitrogens is 1. The van der Waals surface area contributed by atoms with Crippen molar-refractivity contribution in [3.05, 3.63) is 40.3 Å². The first-order valence-electron chi connectivity index (χ1n) is 5.42. The van der Waals surface area contributed by atoms with Gasteiger partial charge in [0.2, 0.25) is 0 Å². The molecule has 19 heavy (non-hydrogen) atoms. The largest absolute Gasteiger partial charge is 0.416 e. The zero-order valence-electron chi connectivity index (χ0n) is 9.75. The van der Waals surface area contributed by atoms with Crippen molar-refractivity contribution in [2.45, 2.75) is 6.18 Å². The van der Waals surface area contributed by atoms with Crippen LogP contribution in [0.25, 0.3) is 21.8 Å². The molecule has 2 aromatic heterocycles. The van der Waals surface area contributed by atoms with Gasteiger partial charge in [0.15, 0.2) is 0 Å². The molecule has 0 fully saturated rings. The maximum absolute atomic E-state index is 12.7. The van der Waals surface area contributed by atoms with E-state index in [0.29, 0.717) is 11.0 Å². The first-order valence-corrected chi connectivity index (χ1v) is 5.42. The average molecular weight is 267 g/mol. The maximum atomic E-state index is 12.7. The summed E-state index contributed by atoms with van der Waals surface area (Å²) in [5, 5.41) is 3.30. The van der Waals surface area contributed by atoms with E-state index in [1.54, 1.807) is 0 Å². The van der Waals surface area contributed by atoms with Crippen LogP contribution >= 0.6 is 0 Å². The van der Waals surface area contributed by atoms with Crippen LogP contribution in [0.5, 0.6) is 0 Å². The summed E-state index contributed by atoms with van der Waals surface area (Å²) in [5.74, 6) is 0. The molecule has 0 radical (unpaired) electrons. The van der Waals surface area contributed by atoms with Gasteiger partial charge in [0.1, 0.15) is 0 Å². The molecule has 0 unspecified atom stereocenters. The third-order valence-electron chi connectivity index (χ3n) is 3.01. The average Bonchev–Trinajstić information content (AvgIpc) is 2.64. The molecule has 0 amide bonds. The summed E-state index contributed by atoms with van der Waals surface area (Å²) in [7, 11) is 1.50. The van der Waals surface area contributed by atoms with Gasteiger partial charge in [0.05, 0.1) is 22.0 Å². The van der Waals surface area contributed by atoms with Crippen molar-refractivity contribution in [2.75, 3.05) is 0 Å². The number of aromatic nitrogens is 3. The van der Waals surface area contributed by atoms with Crippen molar-refractivity contribution in [3.63, 3.8) is 0 Å². The third kappa shape index (κ3) is 1.69. The van der Waals surface area contributed by atoms with Crippen LogP contribution < -0.4 is 5.56 Å². The Bertz CT molecular complexity index is 845. The number of benzene rings is 1. The minimum Gasteiger partial charge on any atom is -0.294 e. The molecule has 98 valence electrons. The molecule has 0 saturated carbocycles. The van der Waals surface area contributed by atoms with E-state index in [1.165, 1.54) is 24.0 Å². The van der Waals surface area contributed by atoms with Gasteiger partial charge in [-0.3, -0.25) is 19.6 Å². The van der Waals surface area contributed by atoms with Gasteiger partial charge in [0, 0.05) is 18.6 Å². The Labute approximate surface area is 104 Å². The van der Waals surface area contributed by atoms with E-state index in [0.717, 1.165) is 12.1 Å². The van der Waals surface area contributed by atoms with Gasteiger partial charge >= 0.3 is 6.18 Å². The quantitative estimate of drug-likeness (QED) is 0.680. The van der Waals surface area contributed by atoms with Crippen LogP contribution in [0.15, 0.2) is 29.2 Å². The predicted octanol–water partition coefficient (Wildman–Crippen LogP) is 2.43. The molecule has 0 aliphatic rings. The number of rotatable bonds is 0. The number of nitrogens with one attached hydrogen (secondary N) is 1. The Kier molecular flexibility index (Phi) is 2.23. The lowest BCUT2D eigenvalue weighted by molar-refractivity contribution is -0.137. The van der Waals surface area contributed by atoms with Gasteiger partial charge in [-0.05, 0) is 18.2 Å². The van der Waals surface area contributed by atoms with Crippen molar-refractivity contribution in [1.82, 2.24) is 14.8 Å². The smallest absolute Gasteiger partial charge is 0.294 e. The highest BCUT2D eigenvalue weighted by Gasteiger charge is 2.30. The fraction of sp³-hybridized carbons (Fsp3) is 0.167. The van der Waals surface area contributed by atoms with Crippen molar-refractivity contribution >= 4 is 21.8 Å². The van der Waals surface area contributed by atoms with Crippen LogP contribution in [0.2, 0.25) is 0 Å². The van der Waals surface area contributed by atoms with E-state index >= 15 is 0 Å². The van der Waals surface area contributed by atoms with E-state index in [-0.39, 0.29) is 16.3 Å². The molecule has 3 aromatic rings. The standard InChI is InChI=1S/C12H8F3N3O/c1-18-11(19)8-5-16-9-3-2-6(12(13,14)15)4-7(9)10(8)17-18/h2-5,17H,1H3. The molecular formula is C12H8F3N3O. The number of alkyl halides is 3. The Balaban J connectivity index is 2.46. The number of aromatic amines is 1. The zero-order valence-corrected chi connectivity index (χ0v) is 9.75. The van der Waals surface area contributed by atoms with E-state index in [9.17, 15) is 18.0 Å². The molecule has 0 saturated heterocycles. The summed E-state index contributed by atoms with van der Waals surface area (Å²) in [6, 6.07) is 3.27. The van der Waals surface area contributed by atoms with Crippen molar-refractivity contribution < 1.29 is 13.2 Å². The molecular weight excluding hydrogens is 259 g/mol. The van der Waals surface area contributed by atoms with E-state index in [4.69, 9.17) is 0 Å². The first-order chi connectivity index (χ1) is 8.88. The van der Waals surface area contributed by atoms with Crippen LogP contribution in [0.4, 0.5) is 13.2 Å². The third-order valence-corrected chi connectivity index (χ3v) is 3.01. The molecule has 1 aromatic carbocycles. The Morgan fingerprint density at radius 3 is 2.68 bits per heavy atom. The van der Waals surface area contributed by atoms with Crippen LogP contribution in [0, 0.1) is 0 Å². The number of aryl methyl sites for hydroxylation is 1. The van der Waals surface area contributed by atoms with E-state index in [1.807, 2.05) is 0 Å². The number of halogens is 3. The SMILES string of the molecule is Cn1[nH]c2c(cnc3ccc(C(F)(F)F)cc32)c1=O. The molecule has 1 N–H and O–H groups in total. The van der Waals surface area contributed by atoms with Crippen LogP contribution in [0.3, 0.4) is 0 Å². The number of nitrogens with zero attached hydrogens (tertiary/aromatic N) is 2. The molecule has 0 spiro atoms. The minimum atomic E-state index is -4.43. The van der Waals surface area contributed by atoms with Gasteiger partial charge in [-0.15, -0.1) is 0 Å². The molecule has 4 nitrogen and oxygen atoms in total. The lowest BCUT2D eigenvalue weighted by atomic mass is 10.1. The van der Waals surface area contributed by atoms with Crippen LogP contribution in [-0.4, -0.2) is 14.8 Å². The number of hydrogen-bond acceptors (Lipinski definition) is 2. The zero-order chi connectivity index (χ0) is 13.8. The predicted molar refractivity (Wildman–Crippen MR) is 63.8 cm³/mol. The van der Waals surface area contributed by atoms with Gasteiger partial charge in [-0.1, -0.05) is 0 Å². The van der Waals surface area contributed by atoms with E-state index in [2.05, 4.69) is 10.1 Å². The molecule has 0 atom stereocenters. The monoisotopic (exact) mass is 267 g/mol. The lowest BCUT2D eigenvalue weighted by Crippen LogP contribution is -2.11. The summed E-state index contributed by atoms with van der Waals surface area (Å²) in [6.07, 6.45) is -3.06. The molecule has 0 aliphatic carbocycles. The summed E-state index contributed by atoms with van der Waals surface area (Å²) in [4.78, 5) is 15.7. The maximum Gasteiger partial charge on any atom is 0.416 e. The Morgan fingerprint density at radius 2 is 2.00 bits per heavy atom. The Morgan fingerprint density at radius 1 is 1.26 bits per heavy atom. The van der Waals surface area contributed by atoms with Gasteiger partial charge < -0.3 is 0 Å². The topological polar surface area (TPSA) is 50.7 Å². The second-order valence-electron chi connectivity index (χ2n) is 4.25. The van der Waals surface area contributed by atoms with Crippen molar-refractivity contribution in [1.29, 1.82) is 0 Å². The summed E-state index contributed by atoms with van der Waals surface area (Å²) < 4.78 is 39.3. The lowest BCUT2D eigenvalue weighted by Gasteiger charge is -2.07. The van der Waals surface area contributed by atoms with Gasteiger partial charge in [-0.25, -0.2) is 0 Å². The Hall–Kier alpha value is -2.31. The fourth-order valence-electron chi connectivity index (χ4n) is 2.05. The minimum absolute atomic E-state index is 0.273. The van der Waals surface area contributed by atoms with Crippen LogP contribution in [0.1, 0.15) is 5.56 Å². The highest BCUT2D eigenvalue weighted by atomic mass is 19.4. The summed E-state index contributed by atoms with van der Waals surface area (Å²) in [6.45, 7) is 0. The van der Waals surface area contributed by atoms with Gasteiger partial charge in [0.25, 0.3) is 5.56 Å². The molecule has 3 rings (SSSR count). The molecule has 0 aliphatic heterocycles. The van der Waals surface area contributed by atoms with Crippen molar-refractivity contribution in [2.24, 2.45) is 7.05 Å². The summed E-state index contributed by atoms with van der Waals surface area (Å²) >= 11 is 0. The second-order valence-corrected chi connectivity index (χ2v) is 4.25. The summed E-state index contributed by atoms with van der Waals surface area (Å²) in [5.41, 5.74) is -0.313. The van der Waals surface area contributed by atoms with E-state index < -0.39 is 11.7 Å². The highest BCUT2D eigenvalue weighted by Crippen LogP contribution is 2.32. The number of pyridine rings is 1. The van der Waals surface area contributed by atoms with Gasteiger partial charge in [-0.2, -0.15) is 13.2 Å². The highest BCUT2D eigenvalue weighted by molar-refractivity contribution is 6.02. The van der Waals surface area contributed by atoms with Crippen LogP contribution in [-0.2, 0) is 13.2 Å². The first kappa shape index (κ1) is 11.8. The number of fused-ring (bicyclic) bond motifs is 3. The molecule has 7 heteroatoms. The second kappa shape index (κ2) is 3.59. The number of hydrogen-bond donors (Lipinski definition) is 1. The normalized spacial score (nSPS) is 12.4. The van der Waals surface area contributed by atoms with Crippen molar-refractivity contribution in [3.8, 4) is 0 Å².